The summed E-state index contributed by atoms with van der Waals surface area (Å²) in [6, 6.07) is 7.93. The van der Waals surface area contributed by atoms with Crippen LogP contribution in [0.1, 0.15) is 22.9 Å². The summed E-state index contributed by atoms with van der Waals surface area (Å²) in [7, 11) is 0. The Morgan fingerprint density at radius 1 is 1.29 bits per heavy atom. The first-order valence-electron chi connectivity index (χ1n) is 6.82. The third-order valence-electron chi connectivity index (χ3n) is 3.89. The second-order valence-electron chi connectivity index (χ2n) is 5.24. The van der Waals surface area contributed by atoms with Crippen molar-refractivity contribution in [2.24, 2.45) is 0 Å². The first-order chi connectivity index (χ1) is 10.2. The topological polar surface area (TPSA) is 75.3 Å². The maximum atomic E-state index is 10.4. The van der Waals surface area contributed by atoms with Gasteiger partial charge in [-0.2, -0.15) is 4.98 Å². The first-order valence-corrected chi connectivity index (χ1v) is 6.82. The third-order valence-corrected chi connectivity index (χ3v) is 3.89. The van der Waals surface area contributed by atoms with Crippen LogP contribution in [-0.2, 0) is 6.54 Å². The molecule has 0 amide bonds. The minimum atomic E-state index is -0.528. The summed E-state index contributed by atoms with van der Waals surface area (Å²) in [5.41, 5.74) is 3.33. The summed E-state index contributed by atoms with van der Waals surface area (Å²) in [5.74, 6) is 0.757. The van der Waals surface area contributed by atoms with Crippen molar-refractivity contribution < 1.29 is 9.63 Å². The van der Waals surface area contributed by atoms with Crippen LogP contribution in [0.25, 0.3) is 11.1 Å². The van der Waals surface area contributed by atoms with Gasteiger partial charge in [0.15, 0.2) is 0 Å². The van der Waals surface area contributed by atoms with E-state index in [0.717, 1.165) is 28.0 Å². The number of rotatable bonds is 1. The van der Waals surface area contributed by atoms with Gasteiger partial charge in [-0.3, -0.25) is 0 Å². The molecule has 2 aromatic heterocycles. The number of β-amino-alcohol motifs (C(OH)–C–C–N with tert-alkyl or cyclic N) is 1. The number of aliphatic hydroxyl groups excluding tert-OH is 1. The molecular weight excluding hydrogens is 268 g/mol. The van der Waals surface area contributed by atoms with Gasteiger partial charge >= 0.3 is 0 Å². The lowest BCUT2D eigenvalue weighted by atomic mass is 9.97. The summed E-state index contributed by atoms with van der Waals surface area (Å²) in [4.78, 5) is 10.5. The Labute approximate surface area is 121 Å². The van der Waals surface area contributed by atoms with Gasteiger partial charge in [-0.15, -0.1) is 0 Å². The molecule has 0 fully saturated rings. The Morgan fingerprint density at radius 2 is 2.14 bits per heavy atom. The Bertz CT molecular complexity index is 814. The van der Waals surface area contributed by atoms with Crippen LogP contribution in [0.3, 0.4) is 0 Å². The highest BCUT2D eigenvalue weighted by atomic mass is 16.5. The molecule has 0 aliphatic carbocycles. The van der Waals surface area contributed by atoms with E-state index in [-0.39, 0.29) is 0 Å². The summed E-state index contributed by atoms with van der Waals surface area (Å²) >= 11 is 0. The van der Waals surface area contributed by atoms with Gasteiger partial charge in [-0.1, -0.05) is 29.4 Å². The van der Waals surface area contributed by atoms with Crippen molar-refractivity contribution in [2.45, 2.75) is 19.6 Å². The normalized spacial score (nSPS) is 18.0. The van der Waals surface area contributed by atoms with E-state index in [4.69, 9.17) is 4.52 Å². The molecule has 4 rings (SSSR count). The molecule has 1 atom stereocenters. The Morgan fingerprint density at radius 3 is 3.05 bits per heavy atom. The number of benzene rings is 1. The number of fused-ring (bicyclic) bond motifs is 2. The molecule has 1 aliphatic heterocycles. The zero-order chi connectivity index (χ0) is 14.4. The molecule has 106 valence electrons. The zero-order valence-electron chi connectivity index (χ0n) is 11.5. The SMILES string of the molecule is Cc1noc2ncnc(N3Cc4ccccc4[C@@H](O)C3)c12. The second-order valence-corrected chi connectivity index (χ2v) is 5.24. The van der Waals surface area contributed by atoms with E-state index in [9.17, 15) is 5.11 Å². The fourth-order valence-corrected chi connectivity index (χ4v) is 2.89. The lowest BCUT2D eigenvalue weighted by molar-refractivity contribution is 0.175. The summed E-state index contributed by atoms with van der Waals surface area (Å²) in [5, 5.41) is 15.1. The van der Waals surface area contributed by atoms with Crippen LogP contribution < -0.4 is 4.90 Å². The molecule has 0 radical (unpaired) electrons. The van der Waals surface area contributed by atoms with Crippen molar-refractivity contribution in [1.29, 1.82) is 0 Å². The van der Waals surface area contributed by atoms with E-state index < -0.39 is 6.10 Å². The molecule has 6 heteroatoms. The number of nitrogens with zero attached hydrogens (tertiary/aromatic N) is 4. The quantitative estimate of drug-likeness (QED) is 0.735. The molecule has 0 spiro atoms. The molecule has 0 saturated carbocycles. The fourth-order valence-electron chi connectivity index (χ4n) is 2.89. The van der Waals surface area contributed by atoms with Crippen LogP contribution in [0.4, 0.5) is 5.82 Å². The number of aliphatic hydroxyl groups is 1. The molecule has 1 N–H and O–H groups in total. The molecule has 0 bridgehead atoms. The van der Waals surface area contributed by atoms with Gasteiger partial charge in [0.1, 0.15) is 17.5 Å². The van der Waals surface area contributed by atoms with Gasteiger partial charge in [0.2, 0.25) is 0 Å². The van der Waals surface area contributed by atoms with Gasteiger partial charge in [0, 0.05) is 13.1 Å². The number of hydrogen-bond donors (Lipinski definition) is 1. The number of aryl methyl sites for hydroxylation is 1. The summed E-state index contributed by atoms with van der Waals surface area (Å²) < 4.78 is 5.19. The maximum Gasteiger partial charge on any atom is 0.263 e. The third kappa shape index (κ3) is 1.87. The van der Waals surface area contributed by atoms with Crippen molar-refractivity contribution in [3.63, 3.8) is 0 Å². The molecule has 0 unspecified atom stereocenters. The highest BCUT2D eigenvalue weighted by molar-refractivity contribution is 5.88. The van der Waals surface area contributed by atoms with Crippen LogP contribution in [0, 0.1) is 6.92 Å². The predicted octanol–water partition coefficient (Wildman–Crippen LogP) is 1.98. The van der Waals surface area contributed by atoms with Gasteiger partial charge in [0.05, 0.1) is 11.8 Å². The van der Waals surface area contributed by atoms with E-state index in [2.05, 4.69) is 15.1 Å². The van der Waals surface area contributed by atoms with Crippen molar-refractivity contribution >= 4 is 16.9 Å². The lowest BCUT2D eigenvalue weighted by Gasteiger charge is -2.33. The van der Waals surface area contributed by atoms with Crippen molar-refractivity contribution in [2.75, 3.05) is 11.4 Å². The monoisotopic (exact) mass is 282 g/mol. The Kier molecular flexibility index (Phi) is 2.65. The predicted molar refractivity (Wildman–Crippen MR) is 76.8 cm³/mol. The van der Waals surface area contributed by atoms with Crippen LogP contribution in [0.5, 0.6) is 0 Å². The largest absolute Gasteiger partial charge is 0.387 e. The number of hydrogen-bond acceptors (Lipinski definition) is 6. The van der Waals surface area contributed by atoms with E-state index in [1.807, 2.05) is 36.1 Å². The summed E-state index contributed by atoms with van der Waals surface area (Å²) in [6.45, 7) is 3.06. The Hall–Kier alpha value is -2.47. The first kappa shape index (κ1) is 12.3. The maximum absolute atomic E-state index is 10.4. The highest BCUT2D eigenvalue weighted by Gasteiger charge is 2.26. The van der Waals surface area contributed by atoms with Gasteiger partial charge < -0.3 is 14.5 Å². The molecular formula is C15H14N4O2. The Balaban J connectivity index is 1.82. The smallest absolute Gasteiger partial charge is 0.263 e. The van der Waals surface area contributed by atoms with Crippen LogP contribution in [0.2, 0.25) is 0 Å². The van der Waals surface area contributed by atoms with Gasteiger partial charge in [-0.25, -0.2) is 4.98 Å². The van der Waals surface area contributed by atoms with Crippen LogP contribution in [-0.4, -0.2) is 26.8 Å². The molecule has 1 aromatic carbocycles. The average molecular weight is 282 g/mol. The minimum absolute atomic E-state index is 0.478. The molecule has 1 aliphatic rings. The molecule has 0 saturated heterocycles. The van der Waals surface area contributed by atoms with E-state index in [1.54, 1.807) is 0 Å². The molecule has 21 heavy (non-hydrogen) atoms. The average Bonchev–Trinajstić information content (AvgIpc) is 2.89. The highest BCUT2D eigenvalue weighted by Crippen LogP contribution is 2.33. The van der Waals surface area contributed by atoms with Crippen molar-refractivity contribution in [1.82, 2.24) is 15.1 Å². The number of anilines is 1. The van der Waals surface area contributed by atoms with E-state index in [0.29, 0.717) is 18.8 Å². The van der Waals surface area contributed by atoms with Crippen LogP contribution >= 0.6 is 0 Å². The van der Waals surface area contributed by atoms with E-state index >= 15 is 0 Å². The lowest BCUT2D eigenvalue weighted by Crippen LogP contribution is -2.34. The van der Waals surface area contributed by atoms with Crippen molar-refractivity contribution in [3.8, 4) is 0 Å². The standard InChI is InChI=1S/C15H14N4O2/c1-9-13-14(16-8-17-15(13)21-18-9)19-6-10-4-2-3-5-11(10)12(20)7-19/h2-5,8,12,20H,6-7H2,1H3/t12-/m0/s1. The summed E-state index contributed by atoms with van der Waals surface area (Å²) in [6.07, 6.45) is 0.940. The molecule has 3 heterocycles. The van der Waals surface area contributed by atoms with Crippen LogP contribution in [0.15, 0.2) is 35.1 Å². The fraction of sp³-hybridized carbons (Fsp3) is 0.267. The molecule has 6 nitrogen and oxygen atoms in total. The molecule has 3 aromatic rings. The van der Waals surface area contributed by atoms with E-state index in [1.165, 1.54) is 6.33 Å². The number of aromatic nitrogens is 3. The zero-order valence-corrected chi connectivity index (χ0v) is 11.5. The van der Waals surface area contributed by atoms with Gasteiger partial charge in [-0.05, 0) is 18.1 Å². The van der Waals surface area contributed by atoms with Crippen molar-refractivity contribution in [3.05, 3.63) is 47.4 Å². The minimum Gasteiger partial charge on any atom is -0.387 e. The second kappa shape index (κ2) is 4.53. The van der Waals surface area contributed by atoms with Gasteiger partial charge in [0.25, 0.3) is 5.71 Å².